The molecule has 20 heavy (non-hydrogen) atoms. The quantitative estimate of drug-likeness (QED) is 0.453. The smallest absolute Gasteiger partial charge is 0.173 e. The van der Waals surface area contributed by atoms with E-state index in [2.05, 4.69) is 37.3 Å². The maximum atomic E-state index is 13.9. The van der Waals surface area contributed by atoms with Gasteiger partial charge in [-0.15, -0.1) is 0 Å². The van der Waals surface area contributed by atoms with E-state index < -0.39 is 23.5 Å². The second kappa shape index (κ2) is 6.26. The highest BCUT2D eigenvalue weighted by Crippen LogP contribution is 2.33. The predicted molar refractivity (Wildman–Crippen MR) is 77.3 cm³/mol. The Morgan fingerprint density at radius 1 is 0.950 bits per heavy atom. The molecule has 0 saturated heterocycles. The van der Waals surface area contributed by atoms with Crippen molar-refractivity contribution in [1.82, 2.24) is 5.43 Å². The normalized spacial score (nSPS) is 12.5. The van der Waals surface area contributed by atoms with E-state index in [0.29, 0.717) is 10.0 Å². The number of halogens is 5. The van der Waals surface area contributed by atoms with Gasteiger partial charge >= 0.3 is 0 Å². The molecule has 0 radical (unpaired) electrons. The SMILES string of the molecule is NNC(c1cc(Br)ccc1F)c1ccc(F)c(F)c1Br. The van der Waals surface area contributed by atoms with E-state index in [9.17, 15) is 13.2 Å². The van der Waals surface area contributed by atoms with Gasteiger partial charge in [0.2, 0.25) is 0 Å². The van der Waals surface area contributed by atoms with E-state index in [1.165, 1.54) is 24.3 Å². The molecule has 0 bridgehead atoms. The summed E-state index contributed by atoms with van der Waals surface area (Å²) in [7, 11) is 0. The summed E-state index contributed by atoms with van der Waals surface area (Å²) in [4.78, 5) is 0. The molecule has 0 heterocycles. The summed E-state index contributed by atoms with van der Waals surface area (Å²) in [5, 5.41) is 0. The van der Waals surface area contributed by atoms with Crippen LogP contribution in [-0.2, 0) is 0 Å². The maximum Gasteiger partial charge on any atom is 0.173 e. The Morgan fingerprint density at radius 2 is 1.60 bits per heavy atom. The largest absolute Gasteiger partial charge is 0.271 e. The van der Waals surface area contributed by atoms with Gasteiger partial charge in [-0.2, -0.15) is 0 Å². The van der Waals surface area contributed by atoms with Crippen molar-refractivity contribution in [2.24, 2.45) is 5.84 Å². The predicted octanol–water partition coefficient (Wildman–Crippen LogP) is 4.18. The molecule has 7 heteroatoms. The molecular weight excluding hydrogens is 401 g/mol. The first-order chi connectivity index (χ1) is 9.45. The van der Waals surface area contributed by atoms with Crippen LogP contribution in [0.1, 0.15) is 17.2 Å². The third kappa shape index (κ3) is 2.90. The van der Waals surface area contributed by atoms with Crippen LogP contribution in [0, 0.1) is 17.5 Å². The molecule has 0 aliphatic carbocycles. The molecule has 3 N–H and O–H groups in total. The summed E-state index contributed by atoms with van der Waals surface area (Å²) in [5.41, 5.74) is 2.92. The summed E-state index contributed by atoms with van der Waals surface area (Å²) < 4.78 is 41.2. The van der Waals surface area contributed by atoms with Gasteiger partial charge in [-0.05, 0) is 45.8 Å². The van der Waals surface area contributed by atoms with Crippen molar-refractivity contribution in [3.63, 3.8) is 0 Å². The summed E-state index contributed by atoms with van der Waals surface area (Å²) in [6.07, 6.45) is 0. The number of hydrazine groups is 1. The van der Waals surface area contributed by atoms with E-state index in [-0.39, 0.29) is 10.0 Å². The monoisotopic (exact) mass is 408 g/mol. The Morgan fingerprint density at radius 3 is 2.25 bits per heavy atom. The number of hydrogen-bond donors (Lipinski definition) is 2. The Labute approximate surface area is 130 Å². The first-order valence-electron chi connectivity index (χ1n) is 5.50. The van der Waals surface area contributed by atoms with Crippen LogP contribution in [-0.4, -0.2) is 0 Å². The molecule has 0 aliphatic heterocycles. The highest BCUT2D eigenvalue weighted by atomic mass is 79.9. The van der Waals surface area contributed by atoms with Crippen molar-refractivity contribution in [3.05, 3.63) is 67.9 Å². The van der Waals surface area contributed by atoms with Crippen molar-refractivity contribution in [1.29, 1.82) is 0 Å². The number of rotatable bonds is 3. The highest BCUT2D eigenvalue weighted by Gasteiger charge is 2.22. The fraction of sp³-hybridized carbons (Fsp3) is 0.0769. The van der Waals surface area contributed by atoms with Crippen LogP contribution in [0.15, 0.2) is 39.3 Å². The first kappa shape index (κ1) is 15.5. The number of hydrogen-bond acceptors (Lipinski definition) is 2. The van der Waals surface area contributed by atoms with E-state index in [1.54, 1.807) is 0 Å². The van der Waals surface area contributed by atoms with Crippen molar-refractivity contribution in [2.45, 2.75) is 6.04 Å². The zero-order valence-electron chi connectivity index (χ0n) is 9.93. The van der Waals surface area contributed by atoms with E-state index in [4.69, 9.17) is 5.84 Å². The average molecular weight is 410 g/mol. The zero-order valence-corrected chi connectivity index (χ0v) is 13.1. The lowest BCUT2D eigenvalue weighted by molar-refractivity contribution is 0.496. The molecule has 106 valence electrons. The number of nitrogens with two attached hydrogens (primary N) is 1. The van der Waals surface area contributed by atoms with Crippen LogP contribution < -0.4 is 11.3 Å². The van der Waals surface area contributed by atoms with E-state index in [1.807, 2.05) is 0 Å². The molecule has 2 aromatic carbocycles. The van der Waals surface area contributed by atoms with Gasteiger partial charge in [0.25, 0.3) is 0 Å². The standard InChI is InChI=1S/C13H9Br2F3N2/c14-6-1-3-9(16)8(5-6)13(20-19)7-2-4-10(17)12(18)11(7)15/h1-5,13,20H,19H2. The topological polar surface area (TPSA) is 38.0 Å². The Hall–Kier alpha value is -0.890. The van der Waals surface area contributed by atoms with Gasteiger partial charge in [-0.3, -0.25) is 5.84 Å². The molecule has 2 nitrogen and oxygen atoms in total. The van der Waals surface area contributed by atoms with Gasteiger partial charge in [-0.1, -0.05) is 22.0 Å². The van der Waals surface area contributed by atoms with Crippen LogP contribution in [0.2, 0.25) is 0 Å². The van der Waals surface area contributed by atoms with Crippen molar-refractivity contribution < 1.29 is 13.2 Å². The summed E-state index contributed by atoms with van der Waals surface area (Å²) in [6.45, 7) is 0. The van der Waals surface area contributed by atoms with Crippen LogP contribution >= 0.6 is 31.9 Å². The van der Waals surface area contributed by atoms with Crippen LogP contribution in [0.4, 0.5) is 13.2 Å². The van der Waals surface area contributed by atoms with Crippen LogP contribution in [0.25, 0.3) is 0 Å². The average Bonchev–Trinajstić information content (AvgIpc) is 2.43. The molecule has 0 saturated carbocycles. The minimum Gasteiger partial charge on any atom is -0.271 e. The van der Waals surface area contributed by atoms with Gasteiger partial charge in [0.15, 0.2) is 11.6 Å². The van der Waals surface area contributed by atoms with Crippen molar-refractivity contribution in [3.8, 4) is 0 Å². The zero-order chi connectivity index (χ0) is 14.9. The Balaban J connectivity index is 2.58. The second-order valence-corrected chi connectivity index (χ2v) is 5.74. The lowest BCUT2D eigenvalue weighted by Gasteiger charge is -2.19. The molecule has 0 aliphatic rings. The lowest BCUT2D eigenvalue weighted by Crippen LogP contribution is -2.30. The molecular formula is C13H9Br2F3N2. The highest BCUT2D eigenvalue weighted by molar-refractivity contribution is 9.10. The fourth-order valence-corrected chi connectivity index (χ4v) is 2.78. The van der Waals surface area contributed by atoms with E-state index in [0.717, 1.165) is 6.07 Å². The number of nitrogens with one attached hydrogen (secondary N) is 1. The molecule has 0 fully saturated rings. The van der Waals surface area contributed by atoms with Gasteiger partial charge < -0.3 is 0 Å². The molecule has 2 aromatic rings. The third-order valence-electron chi connectivity index (χ3n) is 2.81. The maximum absolute atomic E-state index is 13.9. The Kier molecular flexibility index (Phi) is 4.85. The molecule has 0 spiro atoms. The third-order valence-corrected chi connectivity index (χ3v) is 4.11. The van der Waals surface area contributed by atoms with Crippen LogP contribution in [0.3, 0.4) is 0 Å². The first-order valence-corrected chi connectivity index (χ1v) is 7.08. The molecule has 0 amide bonds. The summed E-state index contributed by atoms with van der Waals surface area (Å²) in [5.74, 6) is 2.90. The fourth-order valence-electron chi connectivity index (χ4n) is 1.85. The summed E-state index contributed by atoms with van der Waals surface area (Å²) >= 11 is 6.20. The summed E-state index contributed by atoms with van der Waals surface area (Å²) in [6, 6.07) is 5.80. The van der Waals surface area contributed by atoms with Gasteiger partial charge in [0.1, 0.15) is 5.82 Å². The van der Waals surface area contributed by atoms with Crippen molar-refractivity contribution in [2.75, 3.05) is 0 Å². The second-order valence-electron chi connectivity index (χ2n) is 4.03. The minimum absolute atomic E-state index is 0.0974. The van der Waals surface area contributed by atoms with E-state index >= 15 is 0 Å². The molecule has 1 unspecified atom stereocenters. The van der Waals surface area contributed by atoms with Gasteiger partial charge in [0, 0.05) is 10.0 Å². The Bertz CT molecular complexity index is 650. The van der Waals surface area contributed by atoms with Crippen molar-refractivity contribution >= 4 is 31.9 Å². The molecule has 2 rings (SSSR count). The molecule has 0 aromatic heterocycles. The van der Waals surface area contributed by atoms with Gasteiger partial charge in [-0.25, -0.2) is 18.6 Å². The van der Waals surface area contributed by atoms with Crippen LogP contribution in [0.5, 0.6) is 0 Å². The minimum atomic E-state index is -1.04. The van der Waals surface area contributed by atoms with Gasteiger partial charge in [0.05, 0.1) is 10.5 Å². The molecule has 1 atom stereocenters. The lowest BCUT2D eigenvalue weighted by atomic mass is 9.98. The number of benzene rings is 2.